The summed E-state index contributed by atoms with van der Waals surface area (Å²) < 4.78 is 0. The number of rotatable bonds is 6. The Kier molecular flexibility index (Phi) is 8.52. The predicted octanol–water partition coefficient (Wildman–Crippen LogP) is 2.65. The lowest BCUT2D eigenvalue weighted by atomic mass is 10.0. The van der Waals surface area contributed by atoms with E-state index in [0.717, 1.165) is 12.0 Å². The Labute approximate surface area is 114 Å². The largest absolute Gasteiger partial charge is 0.395 e. The highest BCUT2D eigenvalue weighted by Crippen LogP contribution is 2.12. The van der Waals surface area contributed by atoms with E-state index < -0.39 is 0 Å². The van der Waals surface area contributed by atoms with E-state index in [2.05, 4.69) is 24.1 Å². The molecule has 0 spiro atoms. The van der Waals surface area contributed by atoms with Gasteiger partial charge in [-0.2, -0.15) is 0 Å². The Morgan fingerprint density at radius 1 is 1.47 bits per heavy atom. The van der Waals surface area contributed by atoms with Crippen LogP contribution in [0.1, 0.15) is 25.8 Å². The zero-order valence-corrected chi connectivity index (χ0v) is 11.8. The van der Waals surface area contributed by atoms with Crippen molar-refractivity contribution in [3.8, 4) is 0 Å². The summed E-state index contributed by atoms with van der Waals surface area (Å²) in [7, 11) is 0. The highest BCUT2D eigenvalue weighted by Gasteiger charge is 2.09. The van der Waals surface area contributed by atoms with Crippen molar-refractivity contribution >= 4 is 24.0 Å². The Balaban J connectivity index is 0.00000256. The van der Waals surface area contributed by atoms with E-state index in [0.29, 0.717) is 17.6 Å². The molecule has 0 aliphatic carbocycles. The van der Waals surface area contributed by atoms with Gasteiger partial charge in [-0.05, 0) is 18.4 Å². The van der Waals surface area contributed by atoms with E-state index in [1.165, 1.54) is 0 Å². The zero-order valence-electron chi connectivity index (χ0n) is 10.2. The summed E-state index contributed by atoms with van der Waals surface area (Å²) in [6.07, 6.45) is 2.62. The number of aromatic nitrogens is 1. The second-order valence-electron chi connectivity index (χ2n) is 4.34. The average Bonchev–Trinajstić information content (AvgIpc) is 2.25. The molecule has 1 atom stereocenters. The molecule has 0 saturated carbocycles. The molecular weight excluding hydrogens is 259 g/mol. The van der Waals surface area contributed by atoms with E-state index in [1.54, 1.807) is 6.20 Å². The highest BCUT2D eigenvalue weighted by molar-refractivity contribution is 6.30. The summed E-state index contributed by atoms with van der Waals surface area (Å²) in [6, 6.07) is 3.92. The molecule has 1 unspecified atom stereocenters. The lowest BCUT2D eigenvalue weighted by Crippen LogP contribution is -2.33. The molecule has 98 valence electrons. The van der Waals surface area contributed by atoms with Gasteiger partial charge in [0.15, 0.2) is 0 Å². The van der Waals surface area contributed by atoms with Crippen molar-refractivity contribution in [2.45, 2.75) is 32.9 Å². The minimum Gasteiger partial charge on any atom is -0.395 e. The number of halogens is 2. The monoisotopic (exact) mass is 278 g/mol. The van der Waals surface area contributed by atoms with Crippen molar-refractivity contribution in [2.24, 2.45) is 5.92 Å². The van der Waals surface area contributed by atoms with Crippen LogP contribution in [0.5, 0.6) is 0 Å². The lowest BCUT2D eigenvalue weighted by Gasteiger charge is -2.18. The van der Waals surface area contributed by atoms with E-state index in [-0.39, 0.29) is 25.1 Å². The van der Waals surface area contributed by atoms with Crippen molar-refractivity contribution in [3.05, 3.63) is 29.0 Å². The molecule has 1 heterocycles. The molecule has 1 aromatic heterocycles. The average molecular weight is 279 g/mol. The molecule has 0 aliphatic rings. The van der Waals surface area contributed by atoms with Crippen molar-refractivity contribution in [3.63, 3.8) is 0 Å². The van der Waals surface area contributed by atoms with Crippen LogP contribution in [0.3, 0.4) is 0 Å². The first-order chi connectivity index (χ1) is 7.63. The number of aliphatic hydroxyl groups is 1. The first-order valence-corrected chi connectivity index (χ1v) is 5.95. The second kappa shape index (κ2) is 8.70. The Morgan fingerprint density at radius 2 is 2.18 bits per heavy atom. The molecule has 0 amide bonds. The molecule has 0 aliphatic heterocycles. The SMILES string of the molecule is CC(C)CC(CO)NCc1cccnc1Cl.Cl. The number of hydrogen-bond acceptors (Lipinski definition) is 3. The fraction of sp³-hybridized carbons (Fsp3) is 0.583. The summed E-state index contributed by atoms with van der Waals surface area (Å²) in [5.74, 6) is 0.564. The van der Waals surface area contributed by atoms with Crippen LogP contribution >= 0.6 is 24.0 Å². The molecule has 3 nitrogen and oxygen atoms in total. The Morgan fingerprint density at radius 3 is 2.71 bits per heavy atom. The standard InChI is InChI=1S/C12H19ClN2O.ClH/c1-9(2)6-11(8-16)15-7-10-4-3-5-14-12(10)13;/h3-5,9,11,15-16H,6-8H2,1-2H3;1H. The van der Waals surface area contributed by atoms with Crippen LogP contribution < -0.4 is 5.32 Å². The maximum atomic E-state index is 9.21. The molecule has 0 bridgehead atoms. The first-order valence-electron chi connectivity index (χ1n) is 5.57. The second-order valence-corrected chi connectivity index (χ2v) is 4.70. The molecule has 5 heteroatoms. The summed E-state index contributed by atoms with van der Waals surface area (Å²) >= 11 is 5.94. The van der Waals surface area contributed by atoms with E-state index >= 15 is 0 Å². The summed E-state index contributed by atoms with van der Waals surface area (Å²) in [5.41, 5.74) is 0.964. The normalized spacial score (nSPS) is 12.3. The zero-order chi connectivity index (χ0) is 12.0. The number of nitrogens with zero attached hydrogens (tertiary/aromatic N) is 1. The van der Waals surface area contributed by atoms with Crippen molar-refractivity contribution < 1.29 is 5.11 Å². The smallest absolute Gasteiger partial charge is 0.133 e. The molecule has 0 aromatic carbocycles. The van der Waals surface area contributed by atoms with Gasteiger partial charge in [-0.25, -0.2) is 4.98 Å². The van der Waals surface area contributed by atoms with E-state index in [1.807, 2.05) is 12.1 Å². The fourth-order valence-electron chi connectivity index (χ4n) is 1.60. The van der Waals surface area contributed by atoms with Gasteiger partial charge >= 0.3 is 0 Å². The number of hydrogen-bond donors (Lipinski definition) is 2. The topological polar surface area (TPSA) is 45.1 Å². The van der Waals surface area contributed by atoms with Gasteiger partial charge in [0.05, 0.1) is 6.61 Å². The van der Waals surface area contributed by atoms with Gasteiger partial charge in [0.2, 0.25) is 0 Å². The van der Waals surface area contributed by atoms with Crippen LogP contribution in [0.25, 0.3) is 0 Å². The number of aliphatic hydroxyl groups excluding tert-OH is 1. The third-order valence-corrected chi connectivity index (χ3v) is 2.73. The van der Waals surface area contributed by atoms with Gasteiger partial charge in [-0.15, -0.1) is 12.4 Å². The Bertz CT molecular complexity index is 321. The van der Waals surface area contributed by atoms with E-state index in [4.69, 9.17) is 11.6 Å². The molecule has 0 fully saturated rings. The predicted molar refractivity (Wildman–Crippen MR) is 73.7 cm³/mol. The summed E-state index contributed by atoms with van der Waals surface area (Å²) in [4.78, 5) is 4.01. The van der Waals surface area contributed by atoms with Crippen LogP contribution in [-0.4, -0.2) is 22.7 Å². The minimum atomic E-state index is 0. The third-order valence-electron chi connectivity index (χ3n) is 2.39. The van der Waals surface area contributed by atoms with E-state index in [9.17, 15) is 5.11 Å². The molecule has 1 aromatic rings. The molecular formula is C12H20Cl2N2O. The maximum absolute atomic E-state index is 9.21. The van der Waals surface area contributed by atoms with Gasteiger partial charge < -0.3 is 10.4 Å². The lowest BCUT2D eigenvalue weighted by molar-refractivity contribution is 0.223. The minimum absolute atomic E-state index is 0. The van der Waals surface area contributed by atoms with Gasteiger partial charge in [-0.1, -0.05) is 31.5 Å². The Hall–Kier alpha value is -0.350. The van der Waals surface area contributed by atoms with Gasteiger partial charge in [-0.3, -0.25) is 0 Å². The number of pyridine rings is 1. The summed E-state index contributed by atoms with van der Waals surface area (Å²) in [5, 5.41) is 13.0. The van der Waals surface area contributed by atoms with Crippen LogP contribution in [0.15, 0.2) is 18.3 Å². The van der Waals surface area contributed by atoms with Crippen molar-refractivity contribution in [1.29, 1.82) is 0 Å². The number of nitrogens with one attached hydrogen (secondary N) is 1. The maximum Gasteiger partial charge on any atom is 0.133 e. The van der Waals surface area contributed by atoms with Crippen molar-refractivity contribution in [2.75, 3.05) is 6.61 Å². The van der Waals surface area contributed by atoms with Crippen molar-refractivity contribution in [1.82, 2.24) is 10.3 Å². The van der Waals surface area contributed by atoms with Gasteiger partial charge in [0.25, 0.3) is 0 Å². The molecule has 17 heavy (non-hydrogen) atoms. The molecule has 1 rings (SSSR count). The van der Waals surface area contributed by atoms with Crippen LogP contribution in [0, 0.1) is 5.92 Å². The molecule has 0 radical (unpaired) electrons. The summed E-state index contributed by atoms with van der Waals surface area (Å²) in [6.45, 7) is 5.07. The van der Waals surface area contributed by atoms with Crippen LogP contribution in [0.2, 0.25) is 5.15 Å². The quantitative estimate of drug-likeness (QED) is 0.787. The first kappa shape index (κ1) is 16.6. The fourth-order valence-corrected chi connectivity index (χ4v) is 1.78. The third kappa shape index (κ3) is 6.22. The van der Waals surface area contributed by atoms with Gasteiger partial charge in [0.1, 0.15) is 5.15 Å². The molecule has 0 saturated heterocycles. The highest BCUT2D eigenvalue weighted by atomic mass is 35.5. The van der Waals surface area contributed by atoms with Crippen LogP contribution in [-0.2, 0) is 6.54 Å². The van der Waals surface area contributed by atoms with Gasteiger partial charge in [0, 0.05) is 24.3 Å². The molecule has 2 N–H and O–H groups in total. The van der Waals surface area contributed by atoms with Crippen LogP contribution in [0.4, 0.5) is 0 Å².